The zero-order valence-corrected chi connectivity index (χ0v) is 23.6. The molecule has 5 saturated carbocycles. The Morgan fingerprint density at radius 1 is 0.769 bits per heavy atom. The van der Waals surface area contributed by atoms with Crippen molar-refractivity contribution in [1.29, 1.82) is 0 Å². The summed E-state index contributed by atoms with van der Waals surface area (Å²) in [6.45, 7) is 4.73. The molecule has 0 amide bonds. The van der Waals surface area contributed by atoms with Gasteiger partial charge in [0.25, 0.3) is 0 Å². The molecule has 0 aliphatic heterocycles. The zero-order valence-electron chi connectivity index (χ0n) is 23.6. The molecule has 218 valence electrons. The summed E-state index contributed by atoms with van der Waals surface area (Å²) in [5.74, 6) is -2.07. The molecular formula is C31H46O8. The fraction of sp³-hybridized carbons (Fsp3) is 0.871. The normalized spacial score (nSPS) is 43.3. The monoisotopic (exact) mass is 546 g/mol. The van der Waals surface area contributed by atoms with Crippen LogP contribution in [0.2, 0.25) is 0 Å². The topological polar surface area (TPSA) is 127 Å². The summed E-state index contributed by atoms with van der Waals surface area (Å²) >= 11 is 0. The standard InChI is InChI=1S/C31H46O8/c1-30(29(37)38-16-18-7-3-4-8-21(18)26(32)33)12-11-20-19-13-25(24(20)15-30)31(2,14-19)17-39-28(36)23-10-6-5-9-22(23)27(34)35/h18-25H,3-17H2,1-2H3,(H,32,33)(H,34,35). The largest absolute Gasteiger partial charge is 0.481 e. The van der Waals surface area contributed by atoms with Crippen molar-refractivity contribution in [2.45, 2.75) is 97.3 Å². The third kappa shape index (κ3) is 5.46. The average Bonchev–Trinajstić information content (AvgIpc) is 3.45. The van der Waals surface area contributed by atoms with Crippen molar-refractivity contribution in [1.82, 2.24) is 0 Å². The van der Waals surface area contributed by atoms with Gasteiger partial charge in [-0.2, -0.15) is 0 Å². The maximum absolute atomic E-state index is 13.4. The molecule has 5 aliphatic rings. The van der Waals surface area contributed by atoms with Gasteiger partial charge < -0.3 is 19.7 Å². The van der Waals surface area contributed by atoms with Crippen molar-refractivity contribution in [3.8, 4) is 0 Å². The summed E-state index contributed by atoms with van der Waals surface area (Å²) in [7, 11) is 0. The molecule has 0 aromatic rings. The molecule has 0 spiro atoms. The molecule has 0 radical (unpaired) electrons. The second kappa shape index (κ2) is 11.0. The van der Waals surface area contributed by atoms with Gasteiger partial charge in [-0.1, -0.05) is 32.6 Å². The highest BCUT2D eigenvalue weighted by atomic mass is 16.5. The molecule has 2 N–H and O–H groups in total. The van der Waals surface area contributed by atoms with Crippen LogP contribution in [0.25, 0.3) is 0 Å². The van der Waals surface area contributed by atoms with E-state index >= 15 is 0 Å². The molecule has 5 rings (SSSR count). The van der Waals surface area contributed by atoms with Gasteiger partial charge >= 0.3 is 23.9 Å². The molecule has 5 aliphatic carbocycles. The van der Waals surface area contributed by atoms with E-state index in [1.54, 1.807) is 0 Å². The van der Waals surface area contributed by atoms with Gasteiger partial charge in [-0.15, -0.1) is 0 Å². The number of ether oxygens (including phenoxy) is 2. The second-order valence-corrected chi connectivity index (χ2v) is 14.1. The van der Waals surface area contributed by atoms with Gasteiger partial charge in [0.1, 0.15) is 0 Å². The minimum Gasteiger partial charge on any atom is -0.481 e. The SMILES string of the molecule is CC1(C(=O)OCC2CCCCC2C(=O)O)CCC2C3CC(C2C1)C(C)(COC(=O)C1CCCCC1C(=O)O)C3. The lowest BCUT2D eigenvalue weighted by atomic mass is 9.57. The Hall–Kier alpha value is -2.12. The lowest BCUT2D eigenvalue weighted by Gasteiger charge is -2.48. The van der Waals surface area contributed by atoms with E-state index in [-0.39, 0.29) is 29.9 Å². The number of esters is 2. The van der Waals surface area contributed by atoms with E-state index in [0.717, 1.165) is 64.2 Å². The number of hydrogen-bond donors (Lipinski definition) is 2. The summed E-state index contributed by atoms with van der Waals surface area (Å²) in [4.78, 5) is 49.7. The Morgan fingerprint density at radius 2 is 1.41 bits per heavy atom. The summed E-state index contributed by atoms with van der Waals surface area (Å²) in [6, 6.07) is 0. The minimum atomic E-state index is -0.902. The third-order valence-electron chi connectivity index (χ3n) is 11.6. The molecule has 39 heavy (non-hydrogen) atoms. The first-order chi connectivity index (χ1) is 18.5. The van der Waals surface area contributed by atoms with Crippen LogP contribution in [0.5, 0.6) is 0 Å². The number of carbonyl (C=O) groups excluding carboxylic acids is 2. The first kappa shape index (κ1) is 28.4. The van der Waals surface area contributed by atoms with Crippen LogP contribution in [0, 0.1) is 58.2 Å². The van der Waals surface area contributed by atoms with Gasteiger partial charge in [0, 0.05) is 11.3 Å². The van der Waals surface area contributed by atoms with Crippen molar-refractivity contribution in [3.05, 3.63) is 0 Å². The zero-order chi connectivity index (χ0) is 27.9. The third-order valence-corrected chi connectivity index (χ3v) is 11.6. The van der Waals surface area contributed by atoms with E-state index in [0.29, 0.717) is 49.5 Å². The van der Waals surface area contributed by atoms with Crippen LogP contribution in [0.1, 0.15) is 97.3 Å². The number of carbonyl (C=O) groups is 4. The Balaban J connectivity index is 1.19. The number of carboxylic acid groups (broad SMARTS) is 2. The smallest absolute Gasteiger partial charge is 0.311 e. The molecule has 0 heterocycles. The molecule has 10 atom stereocenters. The lowest BCUT2D eigenvalue weighted by Crippen LogP contribution is -2.46. The van der Waals surface area contributed by atoms with Crippen molar-refractivity contribution >= 4 is 23.9 Å². The van der Waals surface area contributed by atoms with Crippen LogP contribution in [0.15, 0.2) is 0 Å². The van der Waals surface area contributed by atoms with Gasteiger partial charge in [0.2, 0.25) is 0 Å². The Bertz CT molecular complexity index is 978. The predicted molar refractivity (Wildman–Crippen MR) is 141 cm³/mol. The van der Waals surface area contributed by atoms with Gasteiger partial charge in [0.15, 0.2) is 0 Å². The molecule has 2 bridgehead atoms. The van der Waals surface area contributed by atoms with Crippen molar-refractivity contribution in [2.24, 2.45) is 58.2 Å². The van der Waals surface area contributed by atoms with E-state index < -0.39 is 35.1 Å². The highest BCUT2D eigenvalue weighted by Gasteiger charge is 2.61. The number of rotatable bonds is 8. The van der Waals surface area contributed by atoms with Crippen LogP contribution in [0.4, 0.5) is 0 Å². The van der Waals surface area contributed by atoms with Crippen molar-refractivity contribution in [3.63, 3.8) is 0 Å². The first-order valence-electron chi connectivity index (χ1n) is 15.3. The fourth-order valence-corrected chi connectivity index (χ4v) is 9.45. The highest BCUT2D eigenvalue weighted by molar-refractivity contribution is 5.81. The van der Waals surface area contributed by atoms with Crippen LogP contribution in [-0.2, 0) is 28.7 Å². The second-order valence-electron chi connectivity index (χ2n) is 14.1. The van der Waals surface area contributed by atoms with Gasteiger partial charge in [-0.05, 0) is 88.4 Å². The van der Waals surface area contributed by atoms with E-state index in [9.17, 15) is 29.4 Å². The van der Waals surface area contributed by atoms with Gasteiger partial charge in [-0.25, -0.2) is 0 Å². The minimum absolute atomic E-state index is 0.106. The van der Waals surface area contributed by atoms with Crippen molar-refractivity contribution in [2.75, 3.05) is 13.2 Å². The first-order valence-corrected chi connectivity index (χ1v) is 15.3. The maximum atomic E-state index is 13.4. The number of fused-ring (bicyclic) bond motifs is 5. The van der Waals surface area contributed by atoms with Crippen LogP contribution in [-0.4, -0.2) is 47.3 Å². The average molecular weight is 547 g/mol. The quantitative estimate of drug-likeness (QED) is 0.392. The van der Waals surface area contributed by atoms with Crippen LogP contribution in [0.3, 0.4) is 0 Å². The van der Waals surface area contributed by atoms with Crippen LogP contribution < -0.4 is 0 Å². The van der Waals surface area contributed by atoms with E-state index in [4.69, 9.17) is 9.47 Å². The molecular weight excluding hydrogens is 500 g/mol. The summed E-state index contributed by atoms with van der Waals surface area (Å²) < 4.78 is 11.7. The van der Waals surface area contributed by atoms with Crippen molar-refractivity contribution < 1.29 is 38.9 Å². The maximum Gasteiger partial charge on any atom is 0.311 e. The van der Waals surface area contributed by atoms with E-state index in [1.807, 2.05) is 6.92 Å². The Labute approximate surface area is 231 Å². The van der Waals surface area contributed by atoms with Gasteiger partial charge in [0.05, 0.1) is 36.4 Å². The summed E-state index contributed by atoms with van der Waals surface area (Å²) in [5, 5.41) is 19.2. The Kier molecular flexibility index (Phi) is 8.04. The number of hydrogen-bond acceptors (Lipinski definition) is 6. The molecule has 0 saturated heterocycles. The van der Waals surface area contributed by atoms with E-state index in [1.165, 1.54) is 0 Å². The number of aliphatic carboxylic acids is 2. The molecule has 0 aromatic heterocycles. The molecule has 8 heteroatoms. The van der Waals surface area contributed by atoms with Gasteiger partial charge in [-0.3, -0.25) is 19.2 Å². The number of carboxylic acids is 2. The fourth-order valence-electron chi connectivity index (χ4n) is 9.45. The highest BCUT2D eigenvalue weighted by Crippen LogP contribution is 2.66. The summed E-state index contributed by atoms with van der Waals surface area (Å²) in [5.41, 5.74) is -0.735. The molecule has 10 unspecified atom stereocenters. The molecule has 0 aromatic carbocycles. The predicted octanol–water partition coefficient (Wildman–Crippen LogP) is 5.32. The van der Waals surface area contributed by atoms with E-state index in [2.05, 4.69) is 6.92 Å². The lowest BCUT2D eigenvalue weighted by molar-refractivity contribution is -0.167. The van der Waals surface area contributed by atoms with Crippen LogP contribution >= 0.6 is 0 Å². The Morgan fingerprint density at radius 3 is 2.10 bits per heavy atom. The summed E-state index contributed by atoms with van der Waals surface area (Å²) in [6.07, 6.45) is 10.8. The molecule has 5 fully saturated rings. The molecule has 8 nitrogen and oxygen atoms in total.